The lowest BCUT2D eigenvalue weighted by molar-refractivity contribution is -0.115. The van der Waals surface area contributed by atoms with E-state index < -0.39 is 21.0 Å². The summed E-state index contributed by atoms with van der Waals surface area (Å²) in [5.41, 5.74) is 0.188. The zero-order valence-electron chi connectivity index (χ0n) is 9.50. The maximum absolute atomic E-state index is 12.2. The Morgan fingerprint density at radius 3 is 2.83 bits per heavy atom. The van der Waals surface area contributed by atoms with Crippen molar-refractivity contribution in [2.24, 2.45) is 0 Å². The van der Waals surface area contributed by atoms with Crippen LogP contribution in [0.4, 0.5) is 5.69 Å². The van der Waals surface area contributed by atoms with Crippen molar-refractivity contribution in [3.8, 4) is 11.8 Å². The van der Waals surface area contributed by atoms with E-state index >= 15 is 0 Å². The van der Waals surface area contributed by atoms with E-state index in [2.05, 4.69) is 5.32 Å². The van der Waals surface area contributed by atoms with Gasteiger partial charge in [-0.05, 0) is 12.1 Å². The number of nitrogens with zero attached hydrogens (tertiary/aromatic N) is 1. The maximum atomic E-state index is 12.2. The maximum Gasteiger partial charge on any atom is 0.244 e. The summed E-state index contributed by atoms with van der Waals surface area (Å²) in [4.78, 5) is 11.7. The van der Waals surface area contributed by atoms with Crippen molar-refractivity contribution in [2.45, 2.75) is 16.6 Å². The molecule has 1 aliphatic heterocycles. The molecule has 1 aliphatic rings. The lowest BCUT2D eigenvalue weighted by Gasteiger charge is -2.23. The van der Waals surface area contributed by atoms with Gasteiger partial charge in [-0.1, -0.05) is 0 Å². The Balaban J connectivity index is 2.58. The standard InChI is InChI=1S/C11H10N2O4S/c1-17-7-2-3-9-8(6-7)13-11(14)10(4-5-12)18(9,15)16/h2-3,6,10H,4H2,1H3,(H,13,14). The highest BCUT2D eigenvalue weighted by Crippen LogP contribution is 2.34. The van der Waals surface area contributed by atoms with E-state index in [1.165, 1.54) is 25.3 Å². The number of nitrogens with one attached hydrogen (secondary N) is 1. The molecule has 0 fully saturated rings. The van der Waals surface area contributed by atoms with Crippen molar-refractivity contribution in [3.05, 3.63) is 18.2 Å². The number of sulfone groups is 1. The summed E-state index contributed by atoms with van der Waals surface area (Å²) in [5, 5.41) is 9.72. The molecular formula is C11H10N2O4S. The summed E-state index contributed by atoms with van der Waals surface area (Å²) < 4.78 is 29.3. The lowest BCUT2D eigenvalue weighted by Crippen LogP contribution is -2.39. The molecule has 2 rings (SSSR count). The van der Waals surface area contributed by atoms with Gasteiger partial charge < -0.3 is 10.1 Å². The number of carbonyl (C=O) groups excluding carboxylic acids is 1. The number of fused-ring (bicyclic) bond motifs is 1. The second kappa shape index (κ2) is 4.31. The summed E-state index contributed by atoms with van der Waals surface area (Å²) >= 11 is 0. The van der Waals surface area contributed by atoms with E-state index in [0.717, 1.165) is 0 Å². The highest BCUT2D eigenvalue weighted by atomic mass is 32.2. The van der Waals surface area contributed by atoms with Crippen LogP contribution >= 0.6 is 0 Å². The van der Waals surface area contributed by atoms with Gasteiger partial charge in [-0.15, -0.1) is 0 Å². The third kappa shape index (κ3) is 1.80. The van der Waals surface area contributed by atoms with Gasteiger partial charge in [0.2, 0.25) is 5.91 Å². The van der Waals surface area contributed by atoms with Crippen LogP contribution in [0.5, 0.6) is 5.75 Å². The predicted octanol–water partition coefficient (Wildman–Crippen LogP) is 0.703. The molecule has 0 bridgehead atoms. The SMILES string of the molecule is COc1ccc2c(c1)NC(=O)C(CC#N)S2(=O)=O. The van der Waals surface area contributed by atoms with Crippen LogP contribution in [0.15, 0.2) is 23.1 Å². The number of methoxy groups -OCH3 is 1. The molecule has 94 valence electrons. The molecule has 1 aromatic rings. The smallest absolute Gasteiger partial charge is 0.244 e. The first kappa shape index (κ1) is 12.4. The second-order valence-electron chi connectivity index (χ2n) is 3.75. The highest BCUT2D eigenvalue weighted by molar-refractivity contribution is 7.93. The zero-order valence-corrected chi connectivity index (χ0v) is 10.3. The molecule has 0 saturated heterocycles. The first-order valence-corrected chi connectivity index (χ1v) is 6.65. The number of carbonyl (C=O) groups is 1. The van der Waals surface area contributed by atoms with E-state index in [9.17, 15) is 13.2 Å². The average molecular weight is 266 g/mol. The van der Waals surface area contributed by atoms with Crippen LogP contribution in [0.2, 0.25) is 0 Å². The minimum Gasteiger partial charge on any atom is -0.497 e. The predicted molar refractivity (Wildman–Crippen MR) is 62.8 cm³/mol. The van der Waals surface area contributed by atoms with E-state index in [4.69, 9.17) is 10.00 Å². The zero-order chi connectivity index (χ0) is 13.3. The van der Waals surface area contributed by atoms with Gasteiger partial charge in [0.05, 0.1) is 30.2 Å². The number of amides is 1. The van der Waals surface area contributed by atoms with Crippen molar-refractivity contribution in [3.63, 3.8) is 0 Å². The Kier molecular flexibility index (Phi) is 2.97. The fourth-order valence-corrected chi connectivity index (χ4v) is 3.39. The van der Waals surface area contributed by atoms with E-state index in [1.54, 1.807) is 6.07 Å². The molecule has 1 unspecified atom stereocenters. The van der Waals surface area contributed by atoms with Crippen LogP contribution in [-0.2, 0) is 14.6 Å². The average Bonchev–Trinajstić information content (AvgIpc) is 2.33. The lowest BCUT2D eigenvalue weighted by atomic mass is 10.2. The van der Waals surface area contributed by atoms with Crippen LogP contribution in [-0.4, -0.2) is 26.7 Å². The van der Waals surface area contributed by atoms with Crippen molar-refractivity contribution in [1.82, 2.24) is 0 Å². The van der Waals surface area contributed by atoms with E-state index in [-0.39, 0.29) is 17.0 Å². The van der Waals surface area contributed by atoms with Crippen LogP contribution in [0.1, 0.15) is 6.42 Å². The topological polar surface area (TPSA) is 96.3 Å². The van der Waals surface area contributed by atoms with Gasteiger partial charge in [0.15, 0.2) is 15.1 Å². The van der Waals surface area contributed by atoms with Gasteiger partial charge in [-0.2, -0.15) is 5.26 Å². The molecule has 0 aliphatic carbocycles. The second-order valence-corrected chi connectivity index (χ2v) is 5.85. The highest BCUT2D eigenvalue weighted by Gasteiger charge is 2.40. The molecule has 0 saturated carbocycles. The molecule has 0 aromatic heterocycles. The minimum absolute atomic E-state index is 0.0168. The monoisotopic (exact) mass is 266 g/mol. The summed E-state index contributed by atoms with van der Waals surface area (Å²) in [6, 6.07) is 6.02. The van der Waals surface area contributed by atoms with Crippen LogP contribution in [0, 0.1) is 11.3 Å². The summed E-state index contributed by atoms with van der Waals surface area (Å²) in [5.74, 6) is -0.236. The largest absolute Gasteiger partial charge is 0.497 e. The van der Waals surface area contributed by atoms with Gasteiger partial charge in [0.25, 0.3) is 0 Å². The molecule has 1 N–H and O–H groups in total. The summed E-state index contributed by atoms with van der Waals surface area (Å²) in [6.07, 6.45) is -0.361. The summed E-state index contributed by atoms with van der Waals surface area (Å²) in [7, 11) is -2.37. The van der Waals surface area contributed by atoms with Crippen molar-refractivity contribution < 1.29 is 17.9 Å². The normalized spacial score (nSPS) is 20.4. The molecule has 0 spiro atoms. The molecule has 6 nitrogen and oxygen atoms in total. The molecule has 1 atom stereocenters. The van der Waals surface area contributed by atoms with Crippen molar-refractivity contribution in [2.75, 3.05) is 12.4 Å². The van der Waals surface area contributed by atoms with E-state index in [1.807, 2.05) is 0 Å². The number of hydrogen-bond donors (Lipinski definition) is 1. The van der Waals surface area contributed by atoms with Gasteiger partial charge in [0.1, 0.15) is 5.75 Å². The Morgan fingerprint density at radius 2 is 2.22 bits per heavy atom. The van der Waals surface area contributed by atoms with Gasteiger partial charge in [-0.25, -0.2) is 8.42 Å². The minimum atomic E-state index is -3.81. The number of anilines is 1. The third-order valence-corrected chi connectivity index (χ3v) is 4.79. The Hall–Kier alpha value is -2.07. The molecule has 1 aromatic carbocycles. The first-order valence-electron chi connectivity index (χ1n) is 5.10. The molecule has 18 heavy (non-hydrogen) atoms. The first-order chi connectivity index (χ1) is 8.50. The number of nitriles is 1. The number of ether oxygens (including phenoxy) is 1. The van der Waals surface area contributed by atoms with Crippen molar-refractivity contribution in [1.29, 1.82) is 5.26 Å². The molecule has 1 amide bonds. The van der Waals surface area contributed by atoms with Crippen molar-refractivity contribution >= 4 is 21.4 Å². The quantitative estimate of drug-likeness (QED) is 0.850. The molecule has 1 heterocycles. The molecule has 0 radical (unpaired) electrons. The third-order valence-electron chi connectivity index (χ3n) is 2.69. The molecular weight excluding hydrogens is 256 g/mol. The number of benzene rings is 1. The number of hydrogen-bond acceptors (Lipinski definition) is 5. The van der Waals surface area contributed by atoms with Gasteiger partial charge in [-0.3, -0.25) is 4.79 Å². The van der Waals surface area contributed by atoms with Gasteiger partial charge in [0, 0.05) is 6.07 Å². The van der Waals surface area contributed by atoms with Crippen LogP contribution in [0.3, 0.4) is 0 Å². The van der Waals surface area contributed by atoms with Crippen LogP contribution in [0.25, 0.3) is 0 Å². The summed E-state index contributed by atoms with van der Waals surface area (Å²) in [6.45, 7) is 0. The van der Waals surface area contributed by atoms with E-state index in [0.29, 0.717) is 5.75 Å². The Morgan fingerprint density at radius 1 is 1.50 bits per heavy atom. The fourth-order valence-electron chi connectivity index (χ4n) is 1.77. The van der Waals surface area contributed by atoms with Gasteiger partial charge >= 0.3 is 0 Å². The molecule has 7 heteroatoms. The Labute approximate surface area is 104 Å². The fraction of sp³-hybridized carbons (Fsp3) is 0.273. The Bertz CT molecular complexity index is 645. The van der Waals surface area contributed by atoms with Crippen LogP contribution < -0.4 is 10.1 Å². The number of rotatable bonds is 2.